The molecule has 72 valence electrons. The Morgan fingerprint density at radius 3 is 3.00 bits per heavy atom. The average Bonchev–Trinajstić information content (AvgIpc) is 2.54. The summed E-state index contributed by atoms with van der Waals surface area (Å²) >= 11 is 3.23. The molecule has 0 fully saturated rings. The number of aromatic nitrogens is 1. The van der Waals surface area contributed by atoms with Crippen LogP contribution in [-0.2, 0) is 0 Å². The van der Waals surface area contributed by atoms with Gasteiger partial charge in [-0.05, 0) is 5.75 Å². The quantitative estimate of drug-likeness (QED) is 0.585. The van der Waals surface area contributed by atoms with Gasteiger partial charge in [0.05, 0.1) is 0 Å². The second-order valence-electron chi connectivity index (χ2n) is 2.23. The van der Waals surface area contributed by atoms with E-state index in [1.54, 1.807) is 29.3 Å². The summed E-state index contributed by atoms with van der Waals surface area (Å²) in [7, 11) is 0. The van der Waals surface area contributed by atoms with Gasteiger partial charge in [0.2, 0.25) is 0 Å². The Bertz CT molecular complexity index is 266. The molecule has 1 aromatic rings. The molecule has 1 heterocycles. The zero-order valence-corrected chi connectivity index (χ0v) is 8.94. The highest BCUT2D eigenvalue weighted by Crippen LogP contribution is 2.30. The van der Waals surface area contributed by atoms with Crippen LogP contribution >= 0.6 is 23.1 Å². The van der Waals surface area contributed by atoms with Gasteiger partial charge in [-0.3, -0.25) is 0 Å². The topological polar surface area (TPSA) is 77.3 Å². The molecule has 0 aliphatic heterocycles. The van der Waals surface area contributed by atoms with Crippen molar-refractivity contribution in [2.24, 2.45) is 16.5 Å². The van der Waals surface area contributed by atoms with Crippen molar-refractivity contribution in [1.82, 2.24) is 4.98 Å². The number of hydrogen-bond acceptors (Lipinski definition) is 4. The second kappa shape index (κ2) is 5.08. The molecular weight excluding hydrogens is 204 g/mol. The van der Waals surface area contributed by atoms with Gasteiger partial charge in [-0.25, -0.2) is 9.98 Å². The lowest BCUT2D eigenvalue weighted by Gasteiger charge is -2.07. The van der Waals surface area contributed by atoms with Gasteiger partial charge >= 0.3 is 0 Å². The molecule has 0 amide bonds. The van der Waals surface area contributed by atoms with E-state index in [1.807, 2.05) is 5.38 Å². The number of rotatable bonds is 4. The molecule has 1 atom stereocenters. The monoisotopic (exact) mass is 216 g/mol. The maximum Gasteiger partial charge on any atom is 0.187 e. The third-order valence-electron chi connectivity index (χ3n) is 1.25. The molecule has 1 rings (SSSR count). The summed E-state index contributed by atoms with van der Waals surface area (Å²) in [4.78, 5) is 8.26. The smallest absolute Gasteiger partial charge is 0.187 e. The zero-order chi connectivity index (χ0) is 9.68. The summed E-state index contributed by atoms with van der Waals surface area (Å²) in [5.41, 5.74) is 10.6. The van der Waals surface area contributed by atoms with Crippen LogP contribution in [0, 0.1) is 0 Å². The number of hydrogen-bond donors (Lipinski definition) is 2. The van der Waals surface area contributed by atoms with Gasteiger partial charge in [-0.1, -0.05) is 6.92 Å². The van der Waals surface area contributed by atoms with Crippen LogP contribution in [0.4, 0.5) is 0 Å². The average molecular weight is 216 g/mol. The molecule has 0 saturated heterocycles. The van der Waals surface area contributed by atoms with Gasteiger partial charge in [-0.15, -0.1) is 23.1 Å². The number of thiazole rings is 1. The van der Waals surface area contributed by atoms with Crippen LogP contribution in [0.25, 0.3) is 0 Å². The fourth-order valence-electron chi connectivity index (χ4n) is 0.813. The summed E-state index contributed by atoms with van der Waals surface area (Å²) < 4.78 is 0. The second-order valence-corrected chi connectivity index (χ2v) is 4.52. The molecule has 0 aromatic carbocycles. The van der Waals surface area contributed by atoms with Crippen molar-refractivity contribution < 1.29 is 0 Å². The first kappa shape index (κ1) is 10.3. The number of nitrogens with two attached hydrogens (primary N) is 2. The zero-order valence-electron chi connectivity index (χ0n) is 7.30. The van der Waals surface area contributed by atoms with Crippen LogP contribution in [0.3, 0.4) is 0 Å². The highest BCUT2D eigenvalue weighted by molar-refractivity contribution is 7.99. The molecule has 0 aliphatic carbocycles. The van der Waals surface area contributed by atoms with Gasteiger partial charge < -0.3 is 11.5 Å². The third-order valence-corrected chi connectivity index (χ3v) is 3.21. The minimum Gasteiger partial charge on any atom is -0.370 e. The molecule has 1 aromatic heterocycles. The molecular formula is C7H12N4S2. The van der Waals surface area contributed by atoms with Crippen molar-refractivity contribution in [3.8, 4) is 0 Å². The van der Waals surface area contributed by atoms with E-state index in [2.05, 4.69) is 16.9 Å². The highest BCUT2D eigenvalue weighted by atomic mass is 32.2. The number of nitrogens with zero attached hydrogens (tertiary/aromatic N) is 2. The van der Waals surface area contributed by atoms with Gasteiger partial charge in [0.25, 0.3) is 0 Å². The number of aliphatic imine (C=N–C) groups is 1. The Labute approximate surface area is 85.4 Å². The number of thioether (sulfide) groups is 1. The Morgan fingerprint density at radius 1 is 1.77 bits per heavy atom. The van der Waals surface area contributed by atoms with Gasteiger partial charge in [0.15, 0.2) is 11.3 Å². The predicted octanol–water partition coefficient (Wildman–Crippen LogP) is 1.17. The Morgan fingerprint density at radius 2 is 2.54 bits per heavy atom. The summed E-state index contributed by atoms with van der Waals surface area (Å²) in [6.07, 6.45) is 1.76. The van der Waals surface area contributed by atoms with E-state index in [0.717, 1.165) is 10.8 Å². The lowest BCUT2D eigenvalue weighted by Crippen LogP contribution is -2.23. The lowest BCUT2D eigenvalue weighted by molar-refractivity contribution is 0.994. The molecule has 4 nitrogen and oxygen atoms in total. The maximum atomic E-state index is 5.32. The summed E-state index contributed by atoms with van der Waals surface area (Å²) in [5, 5.41) is 2.82. The van der Waals surface area contributed by atoms with E-state index in [4.69, 9.17) is 11.5 Å². The Balaban J connectivity index is 2.74. The molecule has 0 bridgehead atoms. The summed E-state index contributed by atoms with van der Waals surface area (Å²) in [5.74, 6) is 1.07. The Hall–Kier alpha value is -0.750. The minimum atomic E-state index is -0.0463. The van der Waals surface area contributed by atoms with Crippen molar-refractivity contribution in [3.63, 3.8) is 0 Å². The molecule has 0 saturated carbocycles. The van der Waals surface area contributed by atoms with E-state index in [1.165, 1.54) is 0 Å². The van der Waals surface area contributed by atoms with E-state index in [9.17, 15) is 0 Å². The van der Waals surface area contributed by atoms with Crippen LogP contribution in [0.1, 0.15) is 17.3 Å². The number of guanidine groups is 1. The van der Waals surface area contributed by atoms with Crippen LogP contribution in [0.5, 0.6) is 0 Å². The first-order chi connectivity index (χ1) is 6.24. The normalized spacial score (nSPS) is 12.4. The van der Waals surface area contributed by atoms with E-state index < -0.39 is 0 Å². The molecule has 6 heteroatoms. The molecule has 0 spiro atoms. The maximum absolute atomic E-state index is 5.32. The SMILES string of the molecule is CCSC(N=C(N)N)c1nccs1. The fraction of sp³-hybridized carbons (Fsp3) is 0.429. The third kappa shape index (κ3) is 3.23. The van der Waals surface area contributed by atoms with Crippen LogP contribution in [0.15, 0.2) is 16.6 Å². The predicted molar refractivity (Wildman–Crippen MR) is 58.8 cm³/mol. The molecule has 0 aliphatic rings. The van der Waals surface area contributed by atoms with Gasteiger partial charge in [0, 0.05) is 11.6 Å². The molecule has 0 radical (unpaired) electrons. The van der Waals surface area contributed by atoms with Gasteiger partial charge in [0.1, 0.15) is 5.01 Å². The summed E-state index contributed by atoms with van der Waals surface area (Å²) in [6, 6.07) is 0. The fourth-order valence-corrected chi connectivity index (χ4v) is 2.45. The van der Waals surface area contributed by atoms with Crippen molar-refractivity contribution in [3.05, 3.63) is 16.6 Å². The van der Waals surface area contributed by atoms with Crippen molar-refractivity contribution >= 4 is 29.1 Å². The molecule has 4 N–H and O–H groups in total. The van der Waals surface area contributed by atoms with Gasteiger partial charge in [-0.2, -0.15) is 0 Å². The van der Waals surface area contributed by atoms with Crippen molar-refractivity contribution in [2.45, 2.75) is 12.3 Å². The first-order valence-corrected chi connectivity index (χ1v) is 5.76. The standard InChI is InChI=1S/C7H12N4S2/c1-2-12-6(11-7(8)9)5-10-3-4-13-5/h3-4,6H,2H2,1H3,(H4,8,9,11). The van der Waals surface area contributed by atoms with E-state index in [-0.39, 0.29) is 11.3 Å². The summed E-state index contributed by atoms with van der Waals surface area (Å²) in [6.45, 7) is 2.06. The van der Waals surface area contributed by atoms with E-state index in [0.29, 0.717) is 0 Å². The molecule has 1 unspecified atom stereocenters. The minimum absolute atomic E-state index is 0.0463. The van der Waals surface area contributed by atoms with Crippen LogP contribution < -0.4 is 11.5 Å². The first-order valence-electron chi connectivity index (χ1n) is 3.83. The largest absolute Gasteiger partial charge is 0.370 e. The van der Waals surface area contributed by atoms with E-state index >= 15 is 0 Å². The lowest BCUT2D eigenvalue weighted by atomic mass is 10.7. The van der Waals surface area contributed by atoms with Crippen molar-refractivity contribution in [2.75, 3.05) is 5.75 Å². The highest BCUT2D eigenvalue weighted by Gasteiger charge is 2.11. The molecule has 13 heavy (non-hydrogen) atoms. The Kier molecular flexibility index (Phi) is 4.04. The van der Waals surface area contributed by atoms with Crippen LogP contribution in [0.2, 0.25) is 0 Å². The van der Waals surface area contributed by atoms with Crippen molar-refractivity contribution in [1.29, 1.82) is 0 Å². The van der Waals surface area contributed by atoms with Crippen LogP contribution in [-0.4, -0.2) is 16.7 Å².